The Kier molecular flexibility index (Phi) is 4.39. The van der Waals surface area contributed by atoms with E-state index < -0.39 is 11.6 Å². The Morgan fingerprint density at radius 1 is 1.42 bits per heavy atom. The highest BCUT2D eigenvalue weighted by atomic mass is 32.1. The summed E-state index contributed by atoms with van der Waals surface area (Å²) in [5.74, 6) is -0.598. The molecule has 1 N–H and O–H groups in total. The van der Waals surface area contributed by atoms with Crippen molar-refractivity contribution in [2.24, 2.45) is 0 Å². The van der Waals surface area contributed by atoms with Crippen LogP contribution < -0.4 is 0 Å². The van der Waals surface area contributed by atoms with Crippen LogP contribution in [0, 0.1) is 16.4 Å². The van der Waals surface area contributed by atoms with Gasteiger partial charge in [0.15, 0.2) is 4.77 Å². The van der Waals surface area contributed by atoms with Gasteiger partial charge in [0, 0.05) is 26.1 Å². The van der Waals surface area contributed by atoms with E-state index in [2.05, 4.69) is 10.2 Å². The molecule has 19 heavy (non-hydrogen) atoms. The van der Waals surface area contributed by atoms with Crippen LogP contribution in [0.3, 0.4) is 0 Å². The van der Waals surface area contributed by atoms with Crippen LogP contribution in [0.25, 0.3) is 0 Å². The number of benzene rings is 1. The molecule has 0 atom stereocenters. The third-order valence-corrected chi connectivity index (χ3v) is 3.03. The fourth-order valence-electron chi connectivity index (χ4n) is 1.73. The summed E-state index contributed by atoms with van der Waals surface area (Å²) in [7, 11) is 1.59. The molecule has 1 aromatic carbocycles. The zero-order valence-corrected chi connectivity index (χ0v) is 11.1. The summed E-state index contributed by atoms with van der Waals surface area (Å²) in [6, 6.07) is 3.48. The van der Waals surface area contributed by atoms with Crippen LogP contribution in [-0.4, -0.2) is 28.5 Å². The van der Waals surface area contributed by atoms with E-state index >= 15 is 0 Å². The molecule has 0 unspecified atom stereocenters. The Morgan fingerprint density at radius 2 is 2.21 bits per heavy atom. The first kappa shape index (κ1) is 13.8. The van der Waals surface area contributed by atoms with Crippen molar-refractivity contribution < 1.29 is 13.5 Å². The molecular weight excluding hydrogens is 272 g/mol. The van der Waals surface area contributed by atoms with Gasteiger partial charge < -0.3 is 9.30 Å². The molecule has 0 aliphatic carbocycles. The van der Waals surface area contributed by atoms with Gasteiger partial charge in [-0.05, 0) is 23.8 Å². The Labute approximate surface area is 114 Å². The maximum absolute atomic E-state index is 13.6. The molecule has 0 spiro atoms. The van der Waals surface area contributed by atoms with Crippen LogP contribution in [0.1, 0.15) is 11.4 Å². The maximum atomic E-state index is 13.6. The highest BCUT2D eigenvalue weighted by Gasteiger charge is 2.10. The molecule has 0 aliphatic heterocycles. The standard InChI is InChI=1S/C12H13F2N3OS/c1-18-5-4-17-11(15-16-12(17)19)6-8-2-3-9(13)7-10(8)14/h2-3,7H,4-6H2,1H3,(H,16,19). The van der Waals surface area contributed by atoms with E-state index in [1.807, 2.05) is 0 Å². The molecule has 1 aromatic heterocycles. The Balaban J connectivity index is 2.25. The van der Waals surface area contributed by atoms with E-state index in [1.54, 1.807) is 11.7 Å². The normalized spacial score (nSPS) is 10.9. The molecule has 0 saturated carbocycles. The lowest BCUT2D eigenvalue weighted by Gasteiger charge is -2.07. The Morgan fingerprint density at radius 3 is 2.89 bits per heavy atom. The van der Waals surface area contributed by atoms with Gasteiger partial charge in [-0.1, -0.05) is 6.07 Å². The van der Waals surface area contributed by atoms with Crippen molar-refractivity contribution in [1.82, 2.24) is 14.8 Å². The first-order chi connectivity index (χ1) is 9.11. The van der Waals surface area contributed by atoms with Crippen LogP contribution in [0.15, 0.2) is 18.2 Å². The molecule has 2 rings (SSSR count). The lowest BCUT2D eigenvalue weighted by atomic mass is 10.1. The van der Waals surface area contributed by atoms with E-state index in [4.69, 9.17) is 17.0 Å². The average Bonchev–Trinajstić information content (AvgIpc) is 2.71. The number of nitrogens with zero attached hydrogens (tertiary/aromatic N) is 2. The number of methoxy groups -OCH3 is 1. The van der Waals surface area contributed by atoms with Gasteiger partial charge in [0.25, 0.3) is 0 Å². The summed E-state index contributed by atoms with van der Waals surface area (Å²) in [4.78, 5) is 0. The molecule has 2 aromatic rings. The predicted octanol–water partition coefficient (Wildman–Crippen LogP) is 2.46. The van der Waals surface area contributed by atoms with E-state index in [0.717, 1.165) is 6.07 Å². The Bertz CT molecular complexity index is 624. The first-order valence-electron chi connectivity index (χ1n) is 5.68. The number of halogens is 2. The number of ether oxygens (including phenoxy) is 1. The number of hydrogen-bond donors (Lipinski definition) is 1. The first-order valence-corrected chi connectivity index (χ1v) is 6.09. The number of aromatic amines is 1. The summed E-state index contributed by atoms with van der Waals surface area (Å²) in [5.41, 5.74) is 0.370. The summed E-state index contributed by atoms with van der Waals surface area (Å²) in [6.07, 6.45) is 0.239. The second-order valence-corrected chi connectivity index (χ2v) is 4.39. The van der Waals surface area contributed by atoms with Crippen LogP contribution in [0.2, 0.25) is 0 Å². The molecule has 4 nitrogen and oxygen atoms in total. The average molecular weight is 285 g/mol. The van der Waals surface area contributed by atoms with Crippen molar-refractivity contribution in [3.8, 4) is 0 Å². The van der Waals surface area contributed by atoms with E-state index in [0.29, 0.717) is 29.3 Å². The van der Waals surface area contributed by atoms with Gasteiger partial charge in [-0.3, -0.25) is 5.10 Å². The highest BCUT2D eigenvalue weighted by Crippen LogP contribution is 2.13. The molecule has 1 heterocycles. The van der Waals surface area contributed by atoms with E-state index in [1.165, 1.54) is 12.1 Å². The molecule has 0 aliphatic rings. The SMILES string of the molecule is COCCn1c(Cc2ccc(F)cc2F)n[nH]c1=S. The maximum Gasteiger partial charge on any atom is 0.195 e. The molecule has 0 saturated heterocycles. The number of hydrogen-bond acceptors (Lipinski definition) is 3. The largest absolute Gasteiger partial charge is 0.383 e. The van der Waals surface area contributed by atoms with Crippen LogP contribution in [0.5, 0.6) is 0 Å². The second kappa shape index (κ2) is 6.03. The second-order valence-electron chi connectivity index (χ2n) is 4.00. The fourth-order valence-corrected chi connectivity index (χ4v) is 1.98. The van der Waals surface area contributed by atoms with Gasteiger partial charge in [-0.15, -0.1) is 0 Å². The highest BCUT2D eigenvalue weighted by molar-refractivity contribution is 7.71. The number of rotatable bonds is 5. The third kappa shape index (κ3) is 3.24. The molecule has 0 radical (unpaired) electrons. The van der Waals surface area contributed by atoms with Crippen molar-refractivity contribution in [2.45, 2.75) is 13.0 Å². The monoisotopic (exact) mass is 285 g/mol. The minimum absolute atomic E-state index is 0.239. The van der Waals surface area contributed by atoms with Crippen LogP contribution in [0.4, 0.5) is 8.78 Å². The van der Waals surface area contributed by atoms with Gasteiger partial charge in [0.2, 0.25) is 0 Å². The van der Waals surface area contributed by atoms with E-state index in [9.17, 15) is 8.78 Å². The number of nitrogens with one attached hydrogen (secondary N) is 1. The lowest BCUT2D eigenvalue weighted by molar-refractivity contribution is 0.186. The molecule has 0 fully saturated rings. The van der Waals surface area contributed by atoms with Crippen molar-refractivity contribution in [3.63, 3.8) is 0 Å². The third-order valence-electron chi connectivity index (χ3n) is 2.72. The molecule has 102 valence electrons. The zero-order valence-electron chi connectivity index (χ0n) is 10.3. The molecule has 7 heteroatoms. The van der Waals surface area contributed by atoms with Gasteiger partial charge in [0.1, 0.15) is 17.5 Å². The van der Waals surface area contributed by atoms with E-state index in [-0.39, 0.29) is 6.42 Å². The number of aromatic nitrogens is 3. The molecular formula is C12H13F2N3OS. The fraction of sp³-hybridized carbons (Fsp3) is 0.333. The quantitative estimate of drug-likeness (QED) is 0.858. The van der Waals surface area contributed by atoms with Crippen molar-refractivity contribution in [2.75, 3.05) is 13.7 Å². The van der Waals surface area contributed by atoms with Crippen molar-refractivity contribution >= 4 is 12.2 Å². The van der Waals surface area contributed by atoms with Crippen LogP contribution >= 0.6 is 12.2 Å². The summed E-state index contributed by atoms with van der Waals surface area (Å²) < 4.78 is 33.6. The summed E-state index contributed by atoms with van der Waals surface area (Å²) in [5, 5.41) is 6.72. The molecule has 0 bridgehead atoms. The predicted molar refractivity (Wildman–Crippen MR) is 68.5 cm³/mol. The lowest BCUT2D eigenvalue weighted by Crippen LogP contribution is -2.09. The summed E-state index contributed by atoms with van der Waals surface area (Å²) in [6.45, 7) is 1.01. The minimum atomic E-state index is -0.598. The summed E-state index contributed by atoms with van der Waals surface area (Å²) >= 11 is 5.09. The topological polar surface area (TPSA) is 42.8 Å². The van der Waals surface area contributed by atoms with Gasteiger partial charge >= 0.3 is 0 Å². The zero-order chi connectivity index (χ0) is 13.8. The van der Waals surface area contributed by atoms with Gasteiger partial charge in [-0.25, -0.2) is 8.78 Å². The minimum Gasteiger partial charge on any atom is -0.383 e. The van der Waals surface area contributed by atoms with Crippen molar-refractivity contribution in [3.05, 3.63) is 46.0 Å². The van der Waals surface area contributed by atoms with Gasteiger partial charge in [0.05, 0.1) is 6.61 Å². The van der Waals surface area contributed by atoms with Gasteiger partial charge in [-0.2, -0.15) is 5.10 Å². The van der Waals surface area contributed by atoms with Crippen LogP contribution in [-0.2, 0) is 17.7 Å². The Hall–Kier alpha value is -1.60. The van der Waals surface area contributed by atoms with Crippen molar-refractivity contribution in [1.29, 1.82) is 0 Å². The molecule has 0 amide bonds. The number of H-pyrrole nitrogens is 1. The smallest absolute Gasteiger partial charge is 0.195 e.